The van der Waals surface area contributed by atoms with E-state index in [9.17, 15) is 4.39 Å². The molecular formula is C17H18FN3S. The van der Waals surface area contributed by atoms with E-state index in [1.807, 2.05) is 6.08 Å². The van der Waals surface area contributed by atoms with E-state index in [1.165, 1.54) is 6.08 Å². The Morgan fingerprint density at radius 1 is 1.41 bits per heavy atom. The third-order valence-electron chi connectivity index (χ3n) is 3.50. The molecule has 114 valence electrons. The zero-order chi connectivity index (χ0) is 15.8. The van der Waals surface area contributed by atoms with E-state index < -0.39 is 5.67 Å². The van der Waals surface area contributed by atoms with Gasteiger partial charge in [0.05, 0.1) is 10.9 Å². The maximum atomic E-state index is 14.8. The van der Waals surface area contributed by atoms with Gasteiger partial charge in [0.25, 0.3) is 0 Å². The summed E-state index contributed by atoms with van der Waals surface area (Å²) in [5, 5.41) is 2.27. The average Bonchev–Trinajstić information content (AvgIpc) is 2.55. The van der Waals surface area contributed by atoms with Crippen molar-refractivity contribution in [3.05, 3.63) is 60.4 Å². The van der Waals surface area contributed by atoms with Crippen LogP contribution in [0.25, 0.3) is 0 Å². The Morgan fingerprint density at radius 2 is 2.18 bits per heavy atom. The maximum Gasteiger partial charge on any atom is 0.192 e. The highest BCUT2D eigenvalue weighted by Crippen LogP contribution is 2.33. The van der Waals surface area contributed by atoms with Gasteiger partial charge in [-0.2, -0.15) is 4.99 Å². The largest absolute Gasteiger partial charge is 0.237 e. The number of isothiocyanates is 1. The smallest absolute Gasteiger partial charge is 0.192 e. The van der Waals surface area contributed by atoms with Crippen LogP contribution in [-0.2, 0) is 12.1 Å². The van der Waals surface area contributed by atoms with Crippen molar-refractivity contribution in [3.8, 4) is 0 Å². The summed E-state index contributed by atoms with van der Waals surface area (Å²) in [5.41, 5.74) is -0.0400. The number of hydrogen-bond acceptors (Lipinski definition) is 4. The van der Waals surface area contributed by atoms with E-state index in [4.69, 9.17) is 0 Å². The van der Waals surface area contributed by atoms with Gasteiger partial charge in [-0.05, 0) is 55.6 Å². The van der Waals surface area contributed by atoms with Crippen molar-refractivity contribution in [1.29, 1.82) is 0 Å². The van der Waals surface area contributed by atoms with Crippen LogP contribution >= 0.6 is 12.2 Å². The highest BCUT2D eigenvalue weighted by atomic mass is 32.1. The summed E-state index contributed by atoms with van der Waals surface area (Å²) in [6, 6.07) is 0. The molecular weight excluding hydrogens is 297 g/mol. The van der Waals surface area contributed by atoms with Gasteiger partial charge in [-0.3, -0.25) is 0 Å². The van der Waals surface area contributed by atoms with E-state index in [1.54, 1.807) is 24.5 Å². The summed E-state index contributed by atoms with van der Waals surface area (Å²) < 4.78 is 14.8. The zero-order valence-corrected chi connectivity index (χ0v) is 13.2. The number of nitrogens with zero attached hydrogens (tertiary/aromatic N) is 3. The van der Waals surface area contributed by atoms with Gasteiger partial charge < -0.3 is 0 Å². The molecule has 3 nitrogen and oxygen atoms in total. The van der Waals surface area contributed by atoms with Gasteiger partial charge in [-0.1, -0.05) is 12.2 Å². The number of rotatable bonds is 7. The Morgan fingerprint density at radius 3 is 2.77 bits per heavy atom. The minimum Gasteiger partial charge on any atom is -0.237 e. The monoisotopic (exact) mass is 315 g/mol. The van der Waals surface area contributed by atoms with Crippen LogP contribution in [0.3, 0.4) is 0 Å². The molecule has 0 saturated heterocycles. The number of halogens is 1. The standard InChI is InChI=1S/C17H18FN3S/c1-2-3-4-5-6-14-11-19-16(20-12-14)17(18)9-7-15(8-10-17)21-13-22/h2,7-9,11-12H,1,3-6,10H2. The van der Waals surface area contributed by atoms with Crippen LogP contribution in [0, 0.1) is 0 Å². The fraction of sp³-hybridized carbons (Fsp3) is 0.353. The number of alkyl halides is 1. The normalized spacial score (nSPS) is 20.1. The van der Waals surface area contributed by atoms with Crippen molar-refractivity contribution in [1.82, 2.24) is 9.97 Å². The van der Waals surface area contributed by atoms with Crippen LogP contribution in [0.1, 0.15) is 37.1 Å². The first-order valence-corrected chi connectivity index (χ1v) is 7.67. The molecule has 1 aromatic heterocycles. The van der Waals surface area contributed by atoms with Crippen molar-refractivity contribution < 1.29 is 4.39 Å². The molecule has 22 heavy (non-hydrogen) atoms. The minimum atomic E-state index is -1.68. The molecule has 5 heteroatoms. The predicted octanol–water partition coefficient (Wildman–Crippen LogP) is 4.49. The summed E-state index contributed by atoms with van der Waals surface area (Å²) >= 11 is 4.53. The molecule has 0 aliphatic heterocycles. The lowest BCUT2D eigenvalue weighted by atomic mass is 9.95. The fourth-order valence-electron chi connectivity index (χ4n) is 2.22. The quantitative estimate of drug-likeness (QED) is 0.322. The number of aromatic nitrogens is 2. The molecule has 0 fully saturated rings. The molecule has 1 aliphatic rings. The lowest BCUT2D eigenvalue weighted by Crippen LogP contribution is -2.22. The fourth-order valence-corrected chi connectivity index (χ4v) is 2.33. The SMILES string of the molecule is C=CCCCCc1cnc(C2(F)C=CC(N=C=S)=CC2)nc1. The van der Waals surface area contributed by atoms with Crippen molar-refractivity contribution in [2.45, 2.75) is 37.8 Å². The van der Waals surface area contributed by atoms with Crippen molar-refractivity contribution in [3.63, 3.8) is 0 Å². The first-order valence-electron chi connectivity index (χ1n) is 7.26. The molecule has 1 heterocycles. The lowest BCUT2D eigenvalue weighted by molar-refractivity contribution is 0.220. The first kappa shape index (κ1) is 16.4. The average molecular weight is 315 g/mol. The van der Waals surface area contributed by atoms with Gasteiger partial charge in [0.2, 0.25) is 0 Å². The predicted molar refractivity (Wildman–Crippen MR) is 89.4 cm³/mol. The molecule has 1 aromatic rings. The third kappa shape index (κ3) is 4.26. The number of allylic oxidation sites excluding steroid dienone is 4. The van der Waals surface area contributed by atoms with E-state index >= 15 is 0 Å². The second kappa shape index (κ2) is 7.87. The van der Waals surface area contributed by atoms with Gasteiger partial charge in [0.15, 0.2) is 11.5 Å². The number of aliphatic imine (C=N–C) groups is 1. The third-order valence-corrected chi connectivity index (χ3v) is 3.59. The van der Waals surface area contributed by atoms with Crippen LogP contribution in [-0.4, -0.2) is 15.1 Å². The van der Waals surface area contributed by atoms with Gasteiger partial charge in [0.1, 0.15) is 0 Å². The first-order chi connectivity index (χ1) is 10.7. The highest BCUT2D eigenvalue weighted by Gasteiger charge is 2.33. The minimum absolute atomic E-state index is 0.151. The molecule has 1 atom stereocenters. The molecule has 0 saturated carbocycles. The molecule has 0 aromatic carbocycles. The van der Waals surface area contributed by atoms with Crippen LogP contribution < -0.4 is 0 Å². The Bertz CT molecular complexity index is 630. The van der Waals surface area contributed by atoms with Gasteiger partial charge >= 0.3 is 0 Å². The second-order valence-corrected chi connectivity index (χ2v) is 5.36. The van der Waals surface area contributed by atoms with Crippen LogP contribution in [0.15, 0.2) is 54.0 Å². The maximum absolute atomic E-state index is 14.8. The number of aryl methyl sites for hydroxylation is 1. The van der Waals surface area contributed by atoms with Crippen LogP contribution in [0.2, 0.25) is 0 Å². The second-order valence-electron chi connectivity index (χ2n) is 5.18. The summed E-state index contributed by atoms with van der Waals surface area (Å²) in [7, 11) is 0. The number of thiocarbonyl (C=S) groups is 1. The van der Waals surface area contributed by atoms with Crippen molar-refractivity contribution in [2.24, 2.45) is 4.99 Å². The van der Waals surface area contributed by atoms with Crippen molar-refractivity contribution in [2.75, 3.05) is 0 Å². The van der Waals surface area contributed by atoms with E-state index in [2.05, 4.69) is 38.9 Å². The molecule has 0 amide bonds. The Balaban J connectivity index is 2.00. The Kier molecular flexibility index (Phi) is 5.87. The molecule has 1 unspecified atom stereocenters. The van der Waals surface area contributed by atoms with E-state index in [0.717, 1.165) is 31.2 Å². The summed E-state index contributed by atoms with van der Waals surface area (Å²) in [5.74, 6) is 0.181. The van der Waals surface area contributed by atoms with Gasteiger partial charge in [0, 0.05) is 18.8 Å². The topological polar surface area (TPSA) is 38.1 Å². The molecule has 0 spiro atoms. The number of hydrogen-bond donors (Lipinski definition) is 0. The zero-order valence-electron chi connectivity index (χ0n) is 12.3. The van der Waals surface area contributed by atoms with Crippen LogP contribution in [0.5, 0.6) is 0 Å². The summed E-state index contributed by atoms with van der Waals surface area (Å²) in [6.07, 6.45) is 14.2. The highest BCUT2D eigenvalue weighted by molar-refractivity contribution is 7.78. The molecule has 0 radical (unpaired) electrons. The molecule has 2 rings (SSSR count). The van der Waals surface area contributed by atoms with Crippen LogP contribution in [0.4, 0.5) is 4.39 Å². The lowest BCUT2D eigenvalue weighted by Gasteiger charge is -2.21. The molecule has 0 bridgehead atoms. The Labute approximate surface area is 135 Å². The summed E-state index contributed by atoms with van der Waals surface area (Å²) in [4.78, 5) is 12.2. The summed E-state index contributed by atoms with van der Waals surface area (Å²) in [6.45, 7) is 3.70. The molecule has 0 N–H and O–H groups in total. The Hall–Kier alpha value is -1.97. The number of unbranched alkanes of at least 4 members (excludes halogenated alkanes) is 2. The van der Waals surface area contributed by atoms with Gasteiger partial charge in [-0.25, -0.2) is 14.4 Å². The van der Waals surface area contributed by atoms with Crippen molar-refractivity contribution >= 4 is 17.4 Å². The van der Waals surface area contributed by atoms with E-state index in [-0.39, 0.29) is 12.2 Å². The molecule has 1 aliphatic carbocycles. The van der Waals surface area contributed by atoms with E-state index in [0.29, 0.717) is 5.70 Å². The van der Waals surface area contributed by atoms with Gasteiger partial charge in [-0.15, -0.1) is 6.58 Å².